The first-order valence-corrected chi connectivity index (χ1v) is 0. The fourth-order valence-corrected chi connectivity index (χ4v) is 0. The van der Waals surface area contributed by atoms with E-state index in [9.17, 15) is 0 Å². The van der Waals surface area contributed by atoms with E-state index in [1.54, 1.807) is 0 Å². The van der Waals surface area contributed by atoms with E-state index in [0.29, 0.717) is 0 Å². The van der Waals surface area contributed by atoms with Crippen LogP contribution in [-0.2, 0) is 50.0 Å². The van der Waals surface area contributed by atoms with Crippen molar-refractivity contribution in [2.75, 3.05) is 0 Å². The minimum absolute atomic E-state index is 0. The second-order valence-corrected chi connectivity index (χ2v) is 0. The number of hydrogen-bond acceptors (Lipinski definition) is 0. The van der Waals surface area contributed by atoms with Crippen LogP contribution in [0.5, 0.6) is 0 Å². The minimum atomic E-state index is 0. The first-order chi connectivity index (χ1) is 0. The molecular weight excluding hydrogens is 220 g/mol. The molecule has 0 aromatic rings. The van der Waals surface area contributed by atoms with E-state index in [4.69, 9.17) is 0 Å². The van der Waals surface area contributed by atoms with Crippen molar-refractivity contribution in [2.24, 2.45) is 0 Å². The standard InChI is InChI=1S/Al.2Co.Ni.H2O.3H/h;;;;1H2;;;. The van der Waals surface area contributed by atoms with Gasteiger partial charge in [-0.2, -0.15) is 0 Å². The third-order valence-corrected chi connectivity index (χ3v) is 0. The Kier molecular flexibility index (Phi) is 473. The van der Waals surface area contributed by atoms with Gasteiger partial charge in [-0.1, -0.05) is 0 Å². The van der Waals surface area contributed by atoms with Crippen LogP contribution in [0.2, 0.25) is 0 Å². The maximum absolute atomic E-state index is 0. The molecule has 0 aromatic carbocycles. The molecule has 0 spiro atoms. The summed E-state index contributed by atoms with van der Waals surface area (Å²) in [6, 6.07) is 0. The van der Waals surface area contributed by atoms with Gasteiger partial charge in [0.25, 0.3) is 0 Å². The molecule has 0 aliphatic carbocycles. The van der Waals surface area contributed by atoms with Gasteiger partial charge in [-0.25, -0.2) is 0 Å². The summed E-state index contributed by atoms with van der Waals surface area (Å²) < 4.78 is 0. The van der Waals surface area contributed by atoms with Crippen LogP contribution in [-0.4, -0.2) is 22.8 Å². The Morgan fingerprint density at radius 3 is 0.800 bits per heavy atom. The van der Waals surface area contributed by atoms with Crippen LogP contribution in [0.1, 0.15) is 0 Å². The normalized spacial score (nSPS) is 0. The van der Waals surface area contributed by atoms with Crippen LogP contribution in [0.15, 0.2) is 0 Å². The van der Waals surface area contributed by atoms with Crippen molar-refractivity contribution in [1.82, 2.24) is 0 Å². The maximum atomic E-state index is 0. The zero-order valence-corrected chi connectivity index (χ0v) is 4.55. The first-order valence-electron chi connectivity index (χ1n) is 0. The molecule has 1 nitrogen and oxygen atoms in total. The summed E-state index contributed by atoms with van der Waals surface area (Å²) in [4.78, 5) is 0. The molecule has 0 amide bonds. The van der Waals surface area contributed by atoms with Crippen LogP contribution in [0.25, 0.3) is 0 Å². The molecule has 0 aliphatic heterocycles. The van der Waals surface area contributed by atoms with Crippen molar-refractivity contribution in [3.8, 4) is 0 Å². The number of rotatable bonds is 0. The molecule has 0 bridgehead atoms. The quantitative estimate of drug-likeness (QED) is 0.426. The van der Waals surface area contributed by atoms with E-state index in [1.807, 2.05) is 0 Å². The number of hydrogen-bond donors (Lipinski definition) is 0. The van der Waals surface area contributed by atoms with E-state index in [0.717, 1.165) is 0 Å². The molecule has 0 aromatic heterocycles. The van der Waals surface area contributed by atoms with Gasteiger partial charge < -0.3 is 5.48 Å². The summed E-state index contributed by atoms with van der Waals surface area (Å²) in [6.45, 7) is 0. The molecule has 42 valence electrons. The fourth-order valence-electron chi connectivity index (χ4n) is 0. The van der Waals surface area contributed by atoms with Crippen molar-refractivity contribution < 1.29 is 55.5 Å². The summed E-state index contributed by atoms with van der Waals surface area (Å²) in [5.41, 5.74) is 0. The van der Waals surface area contributed by atoms with Gasteiger partial charge in [0.15, 0.2) is 17.4 Å². The first kappa shape index (κ1) is 63.0. The summed E-state index contributed by atoms with van der Waals surface area (Å²) in [6.07, 6.45) is 0. The van der Waals surface area contributed by atoms with Crippen LogP contribution >= 0.6 is 0 Å². The van der Waals surface area contributed by atoms with Gasteiger partial charge >= 0.3 is 0 Å². The Morgan fingerprint density at radius 2 is 0.800 bits per heavy atom. The van der Waals surface area contributed by atoms with Crippen LogP contribution in [0, 0.1) is 0 Å². The predicted molar refractivity (Wildman–Crippen MR) is 13.6 cm³/mol. The van der Waals surface area contributed by atoms with Crippen molar-refractivity contribution in [3.05, 3.63) is 0 Å². The maximum Gasteiger partial charge on any atom is 0.187 e. The molecule has 5 heavy (non-hydrogen) atoms. The van der Waals surface area contributed by atoms with Gasteiger partial charge in [-0.15, -0.1) is 0 Å². The van der Waals surface area contributed by atoms with Crippen LogP contribution < -0.4 is 0 Å². The third kappa shape index (κ3) is 24.0. The van der Waals surface area contributed by atoms with E-state index in [2.05, 4.69) is 0 Å². The Hall–Kier alpha value is 2.00. The van der Waals surface area contributed by atoms with Crippen LogP contribution in [0.3, 0.4) is 0 Å². The Labute approximate surface area is 72.4 Å². The van der Waals surface area contributed by atoms with Crippen molar-refractivity contribution in [2.45, 2.75) is 0 Å². The molecule has 0 aliphatic rings. The topological polar surface area (TPSA) is 31.5 Å². The van der Waals surface area contributed by atoms with Crippen molar-refractivity contribution in [3.63, 3.8) is 0 Å². The second-order valence-electron chi connectivity index (χ2n) is 0. The summed E-state index contributed by atoms with van der Waals surface area (Å²) in [5.74, 6) is 0. The van der Waals surface area contributed by atoms with Crippen molar-refractivity contribution in [1.29, 1.82) is 0 Å². The minimum Gasteiger partial charge on any atom is -0.412 e. The van der Waals surface area contributed by atoms with Gasteiger partial charge in [0.05, 0.1) is 0 Å². The van der Waals surface area contributed by atoms with Gasteiger partial charge in [-0.05, 0) is 0 Å². The molecule has 0 heterocycles. The second kappa shape index (κ2) is 37.5. The molecule has 2 N–H and O–H groups in total. The van der Waals surface area contributed by atoms with Crippen molar-refractivity contribution >= 4 is 17.4 Å². The van der Waals surface area contributed by atoms with E-state index < -0.39 is 0 Å². The molecule has 0 fully saturated rings. The zero-order valence-electron chi connectivity index (χ0n) is 1.48. The van der Waals surface area contributed by atoms with Gasteiger partial charge in [-0.3, -0.25) is 0 Å². The Balaban J connectivity index is 0. The molecule has 0 unspecified atom stereocenters. The van der Waals surface area contributed by atoms with Gasteiger partial charge in [0.1, 0.15) is 0 Å². The molecule has 0 saturated carbocycles. The van der Waals surface area contributed by atoms with Gasteiger partial charge in [0.2, 0.25) is 0 Å². The SMILES string of the molecule is O.[AlH3].[Co].[Co].[Ni]. The predicted octanol–water partition coefficient (Wildman–Crippen LogP) is -2.02. The summed E-state index contributed by atoms with van der Waals surface area (Å²) in [7, 11) is 0. The average Bonchev–Trinajstić information content (AvgIpc) is 0. The fraction of sp³-hybridized carbons (Fsp3) is 0. The van der Waals surface area contributed by atoms with Crippen LogP contribution in [0.4, 0.5) is 0 Å². The van der Waals surface area contributed by atoms with Gasteiger partial charge in [0, 0.05) is 50.0 Å². The third-order valence-electron chi connectivity index (χ3n) is 0. The van der Waals surface area contributed by atoms with E-state index in [-0.39, 0.29) is 72.9 Å². The largest absolute Gasteiger partial charge is 0.412 e. The molecule has 5 heteroatoms. The zero-order chi connectivity index (χ0) is 0. The Bertz CT molecular complexity index is 9.61. The Morgan fingerprint density at radius 1 is 0.800 bits per heavy atom. The molecule has 2 radical (unpaired) electrons. The summed E-state index contributed by atoms with van der Waals surface area (Å²) >= 11 is 0. The smallest absolute Gasteiger partial charge is 0.187 e. The molecular formula is H5AlCo2NiO. The monoisotopic (exact) mass is 224 g/mol. The van der Waals surface area contributed by atoms with E-state index in [1.165, 1.54) is 0 Å². The molecule has 0 atom stereocenters. The summed E-state index contributed by atoms with van der Waals surface area (Å²) in [5, 5.41) is 0. The molecule has 0 rings (SSSR count). The molecule has 0 saturated heterocycles. The van der Waals surface area contributed by atoms with E-state index >= 15 is 0 Å². The average molecular weight is 225 g/mol.